The second-order valence-electron chi connectivity index (χ2n) is 4.46. The van der Waals surface area contributed by atoms with Crippen LogP contribution in [0.15, 0.2) is 24.3 Å². The summed E-state index contributed by atoms with van der Waals surface area (Å²) in [5.41, 5.74) is -0.442. The molecule has 0 atom stereocenters. The first-order valence-corrected chi connectivity index (χ1v) is 5.13. The maximum Gasteiger partial charge on any atom is 0.305 e. The Labute approximate surface area is 99.1 Å². The molecule has 0 aliphatic carbocycles. The van der Waals surface area contributed by atoms with Gasteiger partial charge in [0.05, 0.1) is 6.42 Å². The zero-order valence-corrected chi connectivity index (χ0v) is 9.73. The number of phenolic OH excluding ortho intramolecular Hbond substituents is 1. The number of carboxylic acids is 1. The molecule has 5 heteroatoms. The number of carbonyl (C=O) groups is 2. The molecule has 0 aromatic heterocycles. The molecule has 0 spiro atoms. The van der Waals surface area contributed by atoms with Crippen LogP contribution in [0.1, 0.15) is 30.6 Å². The van der Waals surface area contributed by atoms with Gasteiger partial charge in [0.2, 0.25) is 0 Å². The molecule has 1 rings (SSSR count). The fourth-order valence-electron chi connectivity index (χ4n) is 1.41. The van der Waals surface area contributed by atoms with Gasteiger partial charge in [-0.2, -0.15) is 0 Å². The largest absolute Gasteiger partial charge is 0.508 e. The van der Waals surface area contributed by atoms with Crippen molar-refractivity contribution < 1.29 is 19.8 Å². The van der Waals surface area contributed by atoms with Gasteiger partial charge in [0.1, 0.15) is 5.75 Å². The van der Waals surface area contributed by atoms with E-state index in [1.165, 1.54) is 24.3 Å². The number of carboxylic acid groups (broad SMARTS) is 1. The third kappa shape index (κ3) is 4.14. The van der Waals surface area contributed by atoms with Gasteiger partial charge < -0.3 is 15.5 Å². The number of hydrogen-bond donors (Lipinski definition) is 3. The van der Waals surface area contributed by atoms with E-state index in [9.17, 15) is 9.59 Å². The minimum absolute atomic E-state index is 0.0753. The predicted octanol–water partition coefficient (Wildman–Crippen LogP) is 1.38. The number of hydrogen-bond acceptors (Lipinski definition) is 3. The highest BCUT2D eigenvalue weighted by atomic mass is 16.4. The summed E-state index contributed by atoms with van der Waals surface area (Å²) in [4.78, 5) is 22.4. The van der Waals surface area contributed by atoms with E-state index in [4.69, 9.17) is 10.2 Å². The van der Waals surface area contributed by atoms with E-state index < -0.39 is 11.5 Å². The maximum atomic E-state index is 11.8. The lowest BCUT2D eigenvalue weighted by Gasteiger charge is -2.24. The summed E-state index contributed by atoms with van der Waals surface area (Å²) in [5.74, 6) is -1.26. The summed E-state index contributed by atoms with van der Waals surface area (Å²) in [6.07, 6.45) is -0.156. The van der Waals surface area contributed by atoms with E-state index >= 15 is 0 Å². The average Bonchev–Trinajstić information content (AvgIpc) is 2.15. The zero-order valence-electron chi connectivity index (χ0n) is 9.73. The molecular formula is C12H15NO4. The Kier molecular flexibility index (Phi) is 3.73. The van der Waals surface area contributed by atoms with Gasteiger partial charge in [-0.25, -0.2) is 0 Å². The number of rotatable bonds is 4. The Balaban J connectivity index is 2.72. The van der Waals surface area contributed by atoms with Crippen LogP contribution < -0.4 is 5.32 Å². The number of benzene rings is 1. The molecule has 0 saturated heterocycles. The quantitative estimate of drug-likeness (QED) is 0.738. The van der Waals surface area contributed by atoms with Gasteiger partial charge >= 0.3 is 5.97 Å². The lowest BCUT2D eigenvalue weighted by atomic mass is 10.00. The van der Waals surface area contributed by atoms with Gasteiger partial charge in [-0.05, 0) is 38.1 Å². The zero-order chi connectivity index (χ0) is 13.1. The number of nitrogens with one attached hydrogen (secondary N) is 1. The van der Waals surface area contributed by atoms with Crippen molar-refractivity contribution in [3.05, 3.63) is 29.8 Å². The first-order valence-electron chi connectivity index (χ1n) is 5.13. The monoisotopic (exact) mass is 237 g/mol. The summed E-state index contributed by atoms with van der Waals surface area (Å²) >= 11 is 0. The average molecular weight is 237 g/mol. The summed E-state index contributed by atoms with van der Waals surface area (Å²) in [6.45, 7) is 3.28. The Morgan fingerprint density at radius 2 is 1.76 bits per heavy atom. The van der Waals surface area contributed by atoms with Crippen LogP contribution >= 0.6 is 0 Å². The minimum atomic E-state index is -0.971. The van der Waals surface area contributed by atoms with E-state index in [0.29, 0.717) is 5.56 Å². The predicted molar refractivity (Wildman–Crippen MR) is 61.9 cm³/mol. The molecule has 92 valence electrons. The van der Waals surface area contributed by atoms with Crippen molar-refractivity contribution in [3.8, 4) is 5.75 Å². The van der Waals surface area contributed by atoms with Crippen LogP contribution in [-0.4, -0.2) is 27.6 Å². The molecule has 3 N–H and O–H groups in total. The van der Waals surface area contributed by atoms with Crippen LogP contribution in [-0.2, 0) is 4.79 Å². The van der Waals surface area contributed by atoms with Gasteiger partial charge in [-0.15, -0.1) is 0 Å². The van der Waals surface area contributed by atoms with Crippen molar-refractivity contribution in [1.82, 2.24) is 5.32 Å². The van der Waals surface area contributed by atoms with E-state index in [1.54, 1.807) is 13.8 Å². The third-order valence-corrected chi connectivity index (χ3v) is 2.17. The van der Waals surface area contributed by atoms with Crippen LogP contribution in [0.4, 0.5) is 0 Å². The first kappa shape index (κ1) is 13.0. The Bertz CT molecular complexity index is 423. The molecule has 0 aliphatic heterocycles. The molecule has 1 aromatic carbocycles. The van der Waals surface area contributed by atoms with Crippen molar-refractivity contribution in [3.63, 3.8) is 0 Å². The van der Waals surface area contributed by atoms with Crippen LogP contribution in [0.25, 0.3) is 0 Å². The fourth-order valence-corrected chi connectivity index (χ4v) is 1.41. The highest BCUT2D eigenvalue weighted by Gasteiger charge is 2.24. The molecule has 0 fully saturated rings. The van der Waals surface area contributed by atoms with E-state index in [1.807, 2.05) is 0 Å². The smallest absolute Gasteiger partial charge is 0.305 e. The van der Waals surface area contributed by atoms with Crippen LogP contribution in [0.5, 0.6) is 5.75 Å². The molecule has 5 nitrogen and oxygen atoms in total. The molecule has 0 radical (unpaired) electrons. The number of carbonyl (C=O) groups excluding carboxylic acids is 1. The molecule has 1 aromatic rings. The molecule has 0 aliphatic rings. The van der Waals surface area contributed by atoms with Crippen molar-refractivity contribution in [2.24, 2.45) is 0 Å². The van der Waals surface area contributed by atoms with E-state index in [0.717, 1.165) is 0 Å². The molecule has 0 saturated carbocycles. The normalized spacial score (nSPS) is 10.9. The van der Waals surface area contributed by atoms with Gasteiger partial charge in [-0.3, -0.25) is 9.59 Å². The van der Waals surface area contributed by atoms with Gasteiger partial charge in [0, 0.05) is 11.1 Å². The van der Waals surface area contributed by atoms with E-state index in [-0.39, 0.29) is 18.1 Å². The summed E-state index contributed by atoms with van der Waals surface area (Å²) in [6, 6.07) is 5.75. The van der Waals surface area contributed by atoms with Gasteiger partial charge in [-0.1, -0.05) is 0 Å². The second kappa shape index (κ2) is 4.86. The van der Waals surface area contributed by atoms with Gasteiger partial charge in [0.15, 0.2) is 0 Å². The first-order chi connectivity index (χ1) is 7.80. The molecule has 1 amide bonds. The Morgan fingerprint density at radius 1 is 1.24 bits per heavy atom. The van der Waals surface area contributed by atoms with Crippen molar-refractivity contribution >= 4 is 11.9 Å². The van der Waals surface area contributed by atoms with Crippen molar-refractivity contribution in [1.29, 1.82) is 0 Å². The SMILES string of the molecule is CC(C)(CC(=O)O)NC(=O)c1ccc(O)cc1. The molecule has 0 heterocycles. The second-order valence-corrected chi connectivity index (χ2v) is 4.46. The lowest BCUT2D eigenvalue weighted by molar-refractivity contribution is -0.138. The topological polar surface area (TPSA) is 86.6 Å². The Hall–Kier alpha value is -2.04. The maximum absolute atomic E-state index is 11.8. The highest BCUT2D eigenvalue weighted by molar-refractivity contribution is 5.95. The number of aromatic hydroxyl groups is 1. The highest BCUT2D eigenvalue weighted by Crippen LogP contribution is 2.13. The van der Waals surface area contributed by atoms with Crippen molar-refractivity contribution in [2.75, 3.05) is 0 Å². The Morgan fingerprint density at radius 3 is 2.24 bits per heavy atom. The molecule has 0 bridgehead atoms. The fraction of sp³-hybridized carbons (Fsp3) is 0.333. The lowest BCUT2D eigenvalue weighted by Crippen LogP contribution is -2.44. The van der Waals surface area contributed by atoms with Crippen LogP contribution in [0.3, 0.4) is 0 Å². The molecular weight excluding hydrogens is 222 g/mol. The van der Waals surface area contributed by atoms with Crippen LogP contribution in [0, 0.1) is 0 Å². The summed E-state index contributed by atoms with van der Waals surface area (Å²) in [7, 11) is 0. The van der Waals surface area contributed by atoms with Gasteiger partial charge in [0.25, 0.3) is 5.91 Å². The standard InChI is InChI=1S/C12H15NO4/c1-12(2,7-10(15)16)13-11(17)8-3-5-9(14)6-4-8/h3-6,14H,7H2,1-2H3,(H,13,17)(H,15,16). The molecule has 0 unspecified atom stereocenters. The number of amides is 1. The number of aliphatic carboxylic acids is 1. The minimum Gasteiger partial charge on any atom is -0.508 e. The van der Waals surface area contributed by atoms with Crippen molar-refractivity contribution in [2.45, 2.75) is 25.8 Å². The summed E-state index contributed by atoms with van der Waals surface area (Å²) < 4.78 is 0. The number of phenols is 1. The summed E-state index contributed by atoms with van der Waals surface area (Å²) in [5, 5.41) is 20.4. The third-order valence-electron chi connectivity index (χ3n) is 2.17. The van der Waals surface area contributed by atoms with Crippen LogP contribution in [0.2, 0.25) is 0 Å². The molecule has 17 heavy (non-hydrogen) atoms. The van der Waals surface area contributed by atoms with E-state index in [2.05, 4.69) is 5.32 Å².